The molecule has 2 aliphatic rings. The summed E-state index contributed by atoms with van der Waals surface area (Å²) in [7, 11) is 0. The summed E-state index contributed by atoms with van der Waals surface area (Å²) in [6.07, 6.45) is 6.03. The van der Waals surface area contributed by atoms with Crippen molar-refractivity contribution in [2.24, 2.45) is 0 Å². The van der Waals surface area contributed by atoms with Crippen molar-refractivity contribution >= 4 is 17.3 Å². The molecule has 1 saturated heterocycles. The first-order valence-electron chi connectivity index (χ1n) is 9.83. The average molecular weight is 385 g/mol. The fourth-order valence-corrected chi connectivity index (χ4v) is 3.80. The van der Waals surface area contributed by atoms with E-state index in [1.807, 2.05) is 12.1 Å². The van der Waals surface area contributed by atoms with E-state index in [-0.39, 0.29) is 17.6 Å². The Kier molecular flexibility index (Phi) is 5.29. The molecular formula is C20H25N4O4+. The van der Waals surface area contributed by atoms with Crippen LogP contribution in [-0.4, -0.2) is 36.5 Å². The number of anilines is 1. The topological polar surface area (TPSA) is 102 Å². The Morgan fingerprint density at radius 1 is 1.29 bits per heavy atom. The summed E-state index contributed by atoms with van der Waals surface area (Å²) >= 11 is 0. The van der Waals surface area contributed by atoms with Crippen LogP contribution in [0.25, 0.3) is 0 Å². The van der Waals surface area contributed by atoms with Gasteiger partial charge in [-0.05, 0) is 37.1 Å². The van der Waals surface area contributed by atoms with Crippen molar-refractivity contribution < 1.29 is 19.0 Å². The molecule has 4 rings (SSSR count). The number of carbonyl (C=O) groups is 1. The van der Waals surface area contributed by atoms with Gasteiger partial charge in [-0.3, -0.25) is 14.9 Å². The van der Waals surface area contributed by atoms with Crippen LogP contribution in [0.15, 0.2) is 41.0 Å². The van der Waals surface area contributed by atoms with Gasteiger partial charge in [-0.2, -0.15) is 0 Å². The molecule has 2 fully saturated rings. The van der Waals surface area contributed by atoms with E-state index in [0.717, 1.165) is 31.7 Å². The van der Waals surface area contributed by atoms with Crippen molar-refractivity contribution in [1.82, 2.24) is 5.32 Å². The number of likely N-dealkylation sites (tertiary alicyclic amines) is 1. The largest absolute Gasteiger partial charge is 0.463 e. The predicted octanol–water partition coefficient (Wildman–Crippen LogP) is 1.91. The fourth-order valence-electron chi connectivity index (χ4n) is 3.80. The number of amides is 1. The number of furan rings is 1. The van der Waals surface area contributed by atoms with E-state index in [1.54, 1.807) is 18.4 Å². The standard InChI is InChI=1S/C20H24N4O4/c25-20(14-5-8-16(22-15-6-7-15)17(12-14)24(26)27)21-13-18(19-4-3-11-28-19)23-9-1-2-10-23/h3-5,8,11-12,15,18,22H,1-2,6-7,9-10,13H2,(H,21,25)/p+1/t18-/m0/s1. The number of hydrogen-bond acceptors (Lipinski definition) is 5. The van der Waals surface area contributed by atoms with Crippen LogP contribution < -0.4 is 15.5 Å². The van der Waals surface area contributed by atoms with Gasteiger partial charge in [0, 0.05) is 30.5 Å². The van der Waals surface area contributed by atoms with E-state index in [9.17, 15) is 14.9 Å². The first-order valence-corrected chi connectivity index (χ1v) is 9.83. The molecule has 148 valence electrons. The van der Waals surface area contributed by atoms with Crippen molar-refractivity contribution in [3.05, 3.63) is 58.0 Å². The van der Waals surface area contributed by atoms with Gasteiger partial charge < -0.3 is 20.0 Å². The maximum atomic E-state index is 12.7. The second kappa shape index (κ2) is 8.02. The predicted molar refractivity (Wildman–Crippen MR) is 103 cm³/mol. The molecule has 1 amide bonds. The number of quaternary nitrogens is 1. The number of nitro benzene ring substituents is 1. The van der Waals surface area contributed by atoms with Crippen LogP contribution in [0.2, 0.25) is 0 Å². The molecule has 2 aromatic rings. The summed E-state index contributed by atoms with van der Waals surface area (Å²) in [4.78, 5) is 25.0. The van der Waals surface area contributed by atoms with Crippen LogP contribution in [0.4, 0.5) is 11.4 Å². The lowest BCUT2D eigenvalue weighted by Gasteiger charge is -2.23. The Morgan fingerprint density at radius 2 is 2.07 bits per heavy atom. The Balaban J connectivity index is 1.46. The summed E-state index contributed by atoms with van der Waals surface area (Å²) in [5.74, 6) is 0.545. The molecule has 1 aromatic carbocycles. The normalized spacial score (nSPS) is 18.0. The van der Waals surface area contributed by atoms with Gasteiger partial charge in [-0.25, -0.2) is 0 Å². The zero-order chi connectivity index (χ0) is 19.5. The van der Waals surface area contributed by atoms with Gasteiger partial charge in [0.25, 0.3) is 11.6 Å². The lowest BCUT2D eigenvalue weighted by Crippen LogP contribution is -3.11. The zero-order valence-electron chi connectivity index (χ0n) is 15.6. The molecule has 1 saturated carbocycles. The van der Waals surface area contributed by atoms with Gasteiger partial charge in [0.15, 0.2) is 11.8 Å². The molecule has 28 heavy (non-hydrogen) atoms. The molecule has 1 atom stereocenters. The van der Waals surface area contributed by atoms with Crippen LogP contribution in [0.1, 0.15) is 47.8 Å². The summed E-state index contributed by atoms with van der Waals surface area (Å²) in [5, 5.41) is 17.5. The third kappa shape index (κ3) is 4.17. The highest BCUT2D eigenvalue weighted by molar-refractivity contribution is 5.95. The first kappa shape index (κ1) is 18.5. The molecule has 1 aliphatic carbocycles. The number of carbonyl (C=O) groups excluding carboxylic acids is 1. The highest BCUT2D eigenvalue weighted by Crippen LogP contribution is 2.31. The van der Waals surface area contributed by atoms with Crippen molar-refractivity contribution in [3.8, 4) is 0 Å². The molecule has 8 heteroatoms. The van der Waals surface area contributed by atoms with Gasteiger partial charge in [-0.15, -0.1) is 0 Å². The molecule has 8 nitrogen and oxygen atoms in total. The monoisotopic (exact) mass is 385 g/mol. The Bertz CT molecular complexity index is 842. The van der Waals surface area contributed by atoms with Crippen molar-refractivity contribution in [2.45, 2.75) is 37.8 Å². The Hall–Kier alpha value is -2.87. The lowest BCUT2D eigenvalue weighted by molar-refractivity contribution is -0.919. The van der Waals surface area contributed by atoms with E-state index in [1.165, 1.54) is 23.8 Å². The van der Waals surface area contributed by atoms with Crippen molar-refractivity contribution in [1.29, 1.82) is 0 Å². The second-order valence-corrected chi connectivity index (χ2v) is 7.55. The SMILES string of the molecule is O=C(NC[C@@H](c1ccco1)[NH+]1CCCC1)c1ccc(NC2CC2)c([N+](=O)[O-])c1. The molecule has 1 aliphatic heterocycles. The molecular weight excluding hydrogens is 360 g/mol. The van der Waals surface area contributed by atoms with E-state index >= 15 is 0 Å². The highest BCUT2D eigenvalue weighted by atomic mass is 16.6. The van der Waals surface area contributed by atoms with E-state index in [2.05, 4.69) is 10.6 Å². The van der Waals surface area contributed by atoms with Crippen LogP contribution in [0.5, 0.6) is 0 Å². The number of hydrogen-bond donors (Lipinski definition) is 3. The minimum atomic E-state index is -0.443. The summed E-state index contributed by atoms with van der Waals surface area (Å²) < 4.78 is 5.59. The number of nitrogens with one attached hydrogen (secondary N) is 3. The Labute approximate surface area is 163 Å². The molecule has 3 N–H and O–H groups in total. The first-order chi connectivity index (χ1) is 13.6. The molecule has 0 radical (unpaired) electrons. The summed E-state index contributed by atoms with van der Waals surface area (Å²) in [6, 6.07) is 8.76. The van der Waals surface area contributed by atoms with Crippen LogP contribution in [0, 0.1) is 10.1 Å². The van der Waals surface area contributed by atoms with Crippen LogP contribution >= 0.6 is 0 Å². The zero-order valence-corrected chi connectivity index (χ0v) is 15.6. The number of rotatable bonds is 8. The average Bonchev–Trinajstić information content (AvgIpc) is 3.14. The van der Waals surface area contributed by atoms with Crippen LogP contribution in [-0.2, 0) is 0 Å². The summed E-state index contributed by atoms with van der Waals surface area (Å²) in [5.41, 5.74) is 0.703. The van der Waals surface area contributed by atoms with Gasteiger partial charge in [-0.1, -0.05) is 0 Å². The van der Waals surface area contributed by atoms with Gasteiger partial charge >= 0.3 is 0 Å². The molecule has 0 unspecified atom stereocenters. The smallest absolute Gasteiger partial charge is 0.293 e. The van der Waals surface area contributed by atoms with E-state index < -0.39 is 4.92 Å². The molecule has 0 spiro atoms. The van der Waals surface area contributed by atoms with Crippen LogP contribution in [0.3, 0.4) is 0 Å². The van der Waals surface area contributed by atoms with Crippen molar-refractivity contribution in [3.63, 3.8) is 0 Å². The Morgan fingerprint density at radius 3 is 2.71 bits per heavy atom. The third-order valence-electron chi connectivity index (χ3n) is 5.49. The molecule has 0 bridgehead atoms. The van der Waals surface area contributed by atoms with Gasteiger partial charge in [0.1, 0.15) is 5.69 Å². The van der Waals surface area contributed by atoms with Gasteiger partial charge in [0.2, 0.25) is 0 Å². The maximum Gasteiger partial charge on any atom is 0.293 e. The quantitative estimate of drug-likeness (QED) is 0.476. The highest BCUT2D eigenvalue weighted by Gasteiger charge is 2.30. The lowest BCUT2D eigenvalue weighted by atomic mass is 10.1. The number of benzene rings is 1. The molecule has 1 aromatic heterocycles. The van der Waals surface area contributed by atoms with E-state index in [0.29, 0.717) is 23.8 Å². The minimum absolute atomic E-state index is 0.0484. The molecule has 2 heterocycles. The number of nitro groups is 1. The maximum absolute atomic E-state index is 12.7. The number of nitrogens with zero attached hydrogens (tertiary/aromatic N) is 1. The van der Waals surface area contributed by atoms with Crippen molar-refractivity contribution in [2.75, 3.05) is 25.0 Å². The summed E-state index contributed by atoms with van der Waals surface area (Å²) in [6.45, 7) is 2.53. The van der Waals surface area contributed by atoms with Gasteiger partial charge in [0.05, 0.1) is 30.8 Å². The third-order valence-corrected chi connectivity index (χ3v) is 5.49. The second-order valence-electron chi connectivity index (χ2n) is 7.55. The van der Waals surface area contributed by atoms with E-state index in [4.69, 9.17) is 4.42 Å². The fraction of sp³-hybridized carbons (Fsp3) is 0.450. The minimum Gasteiger partial charge on any atom is -0.463 e.